The van der Waals surface area contributed by atoms with Gasteiger partial charge in [0.1, 0.15) is 0 Å². The lowest BCUT2D eigenvalue weighted by atomic mass is 9.96. The molecule has 2 N–H and O–H groups in total. The maximum absolute atomic E-state index is 5.35. The van der Waals surface area contributed by atoms with E-state index in [2.05, 4.69) is 24.5 Å². The van der Waals surface area contributed by atoms with Gasteiger partial charge in [0, 0.05) is 25.3 Å². The molecule has 0 aliphatic carbocycles. The molecule has 1 aliphatic rings. The Morgan fingerprint density at radius 2 is 1.93 bits per heavy atom. The van der Waals surface area contributed by atoms with Crippen molar-refractivity contribution in [3.63, 3.8) is 0 Å². The summed E-state index contributed by atoms with van der Waals surface area (Å²) in [5.41, 5.74) is 0.204. The summed E-state index contributed by atoms with van der Waals surface area (Å²) in [5.74, 6) is 0.879. The van der Waals surface area contributed by atoms with E-state index < -0.39 is 0 Å². The molecule has 0 spiro atoms. The SMILES string of the molecule is CNC(C)(C)CNCCC1CCOCC1. The van der Waals surface area contributed by atoms with Crippen LogP contribution in [0.15, 0.2) is 0 Å². The zero-order chi connectivity index (χ0) is 11.1. The third-order valence-corrected chi connectivity index (χ3v) is 3.31. The Hall–Kier alpha value is -0.120. The van der Waals surface area contributed by atoms with Crippen molar-refractivity contribution in [2.24, 2.45) is 5.92 Å². The number of nitrogens with one attached hydrogen (secondary N) is 2. The summed E-state index contributed by atoms with van der Waals surface area (Å²) < 4.78 is 5.35. The van der Waals surface area contributed by atoms with Crippen molar-refractivity contribution in [1.29, 1.82) is 0 Å². The molecule has 15 heavy (non-hydrogen) atoms. The standard InChI is InChI=1S/C12H26N2O/c1-12(2,13-3)10-14-7-4-11-5-8-15-9-6-11/h11,13-14H,4-10H2,1-3H3. The summed E-state index contributed by atoms with van der Waals surface area (Å²) in [6.45, 7) is 8.53. The molecule has 0 unspecified atom stereocenters. The first-order valence-electron chi connectivity index (χ1n) is 6.11. The highest BCUT2D eigenvalue weighted by molar-refractivity contribution is 4.78. The van der Waals surface area contributed by atoms with E-state index in [1.807, 2.05) is 7.05 Å². The molecule has 90 valence electrons. The van der Waals surface area contributed by atoms with Gasteiger partial charge < -0.3 is 15.4 Å². The lowest BCUT2D eigenvalue weighted by Gasteiger charge is -2.26. The zero-order valence-electron chi connectivity index (χ0n) is 10.4. The fraction of sp³-hybridized carbons (Fsp3) is 1.00. The van der Waals surface area contributed by atoms with Crippen LogP contribution in [0.25, 0.3) is 0 Å². The highest BCUT2D eigenvalue weighted by atomic mass is 16.5. The van der Waals surface area contributed by atoms with E-state index in [0.717, 1.165) is 32.2 Å². The fourth-order valence-corrected chi connectivity index (χ4v) is 1.83. The van der Waals surface area contributed by atoms with Gasteiger partial charge in [-0.25, -0.2) is 0 Å². The maximum atomic E-state index is 5.35. The molecular formula is C12H26N2O. The molecule has 0 radical (unpaired) electrons. The minimum atomic E-state index is 0.204. The molecule has 0 aromatic carbocycles. The summed E-state index contributed by atoms with van der Waals surface area (Å²) in [5, 5.41) is 6.82. The predicted molar refractivity (Wildman–Crippen MR) is 64.2 cm³/mol. The van der Waals surface area contributed by atoms with Gasteiger partial charge in [-0.3, -0.25) is 0 Å². The molecule has 1 rings (SSSR count). The van der Waals surface area contributed by atoms with E-state index in [4.69, 9.17) is 4.74 Å². The second kappa shape index (κ2) is 6.46. The van der Waals surface area contributed by atoms with E-state index >= 15 is 0 Å². The molecule has 3 heteroatoms. The van der Waals surface area contributed by atoms with Crippen LogP contribution in [-0.4, -0.2) is 38.9 Å². The fourth-order valence-electron chi connectivity index (χ4n) is 1.83. The van der Waals surface area contributed by atoms with Crippen molar-refractivity contribution in [3.8, 4) is 0 Å². The summed E-state index contributed by atoms with van der Waals surface area (Å²) in [7, 11) is 2.01. The van der Waals surface area contributed by atoms with Crippen molar-refractivity contribution in [2.45, 2.75) is 38.6 Å². The van der Waals surface area contributed by atoms with Gasteiger partial charge in [-0.15, -0.1) is 0 Å². The Bertz CT molecular complexity index is 165. The average Bonchev–Trinajstić information content (AvgIpc) is 2.26. The predicted octanol–water partition coefficient (Wildman–Crippen LogP) is 1.39. The van der Waals surface area contributed by atoms with Gasteiger partial charge in [0.25, 0.3) is 0 Å². The molecule has 0 saturated carbocycles. The number of likely N-dealkylation sites (N-methyl/N-ethyl adjacent to an activating group) is 1. The van der Waals surface area contributed by atoms with Crippen molar-refractivity contribution in [2.75, 3.05) is 33.4 Å². The Kier molecular flexibility index (Phi) is 5.58. The van der Waals surface area contributed by atoms with E-state index in [-0.39, 0.29) is 5.54 Å². The van der Waals surface area contributed by atoms with Crippen LogP contribution in [0.5, 0.6) is 0 Å². The molecule has 3 nitrogen and oxygen atoms in total. The largest absolute Gasteiger partial charge is 0.381 e. The van der Waals surface area contributed by atoms with E-state index in [9.17, 15) is 0 Å². The van der Waals surface area contributed by atoms with Gasteiger partial charge in [-0.05, 0) is 52.6 Å². The molecule has 0 amide bonds. The van der Waals surface area contributed by atoms with Crippen LogP contribution in [0.2, 0.25) is 0 Å². The molecule has 1 aliphatic heterocycles. The van der Waals surface area contributed by atoms with Gasteiger partial charge >= 0.3 is 0 Å². The van der Waals surface area contributed by atoms with Crippen LogP contribution in [0.1, 0.15) is 33.1 Å². The monoisotopic (exact) mass is 214 g/mol. The van der Waals surface area contributed by atoms with Crippen LogP contribution in [0.3, 0.4) is 0 Å². The maximum Gasteiger partial charge on any atom is 0.0468 e. The molecule has 1 heterocycles. The Balaban J connectivity index is 2.00. The van der Waals surface area contributed by atoms with Crippen LogP contribution in [0.4, 0.5) is 0 Å². The van der Waals surface area contributed by atoms with E-state index in [1.165, 1.54) is 19.3 Å². The van der Waals surface area contributed by atoms with Gasteiger partial charge in [0.05, 0.1) is 0 Å². The molecule has 0 bridgehead atoms. The van der Waals surface area contributed by atoms with E-state index in [1.54, 1.807) is 0 Å². The van der Waals surface area contributed by atoms with Crippen LogP contribution in [0, 0.1) is 5.92 Å². The normalized spacial score (nSPS) is 19.4. The molecule has 0 atom stereocenters. The first kappa shape index (κ1) is 12.9. The molecular weight excluding hydrogens is 188 g/mol. The third-order valence-electron chi connectivity index (χ3n) is 3.31. The smallest absolute Gasteiger partial charge is 0.0468 e. The Morgan fingerprint density at radius 3 is 2.53 bits per heavy atom. The molecule has 1 saturated heterocycles. The summed E-state index contributed by atoms with van der Waals surface area (Å²) in [6, 6.07) is 0. The third kappa shape index (κ3) is 5.50. The number of ether oxygens (including phenoxy) is 1. The lowest BCUT2D eigenvalue weighted by Crippen LogP contribution is -2.46. The minimum absolute atomic E-state index is 0.204. The van der Waals surface area contributed by atoms with Gasteiger partial charge in [-0.2, -0.15) is 0 Å². The number of hydrogen-bond acceptors (Lipinski definition) is 3. The second-order valence-corrected chi connectivity index (χ2v) is 5.16. The summed E-state index contributed by atoms with van der Waals surface area (Å²) >= 11 is 0. The Labute approximate surface area is 94.0 Å². The lowest BCUT2D eigenvalue weighted by molar-refractivity contribution is 0.0638. The van der Waals surface area contributed by atoms with E-state index in [0.29, 0.717) is 0 Å². The average molecular weight is 214 g/mol. The van der Waals surface area contributed by atoms with Gasteiger partial charge in [-0.1, -0.05) is 0 Å². The molecule has 0 aromatic heterocycles. The highest BCUT2D eigenvalue weighted by Gasteiger charge is 2.15. The summed E-state index contributed by atoms with van der Waals surface area (Å²) in [6.07, 6.45) is 3.79. The topological polar surface area (TPSA) is 33.3 Å². The first-order chi connectivity index (χ1) is 7.14. The van der Waals surface area contributed by atoms with Crippen molar-refractivity contribution in [1.82, 2.24) is 10.6 Å². The Morgan fingerprint density at radius 1 is 1.27 bits per heavy atom. The van der Waals surface area contributed by atoms with Gasteiger partial charge in [0.2, 0.25) is 0 Å². The van der Waals surface area contributed by atoms with Crippen molar-refractivity contribution >= 4 is 0 Å². The van der Waals surface area contributed by atoms with Crippen LogP contribution < -0.4 is 10.6 Å². The van der Waals surface area contributed by atoms with Crippen LogP contribution >= 0.6 is 0 Å². The highest BCUT2D eigenvalue weighted by Crippen LogP contribution is 2.17. The summed E-state index contributed by atoms with van der Waals surface area (Å²) in [4.78, 5) is 0. The number of hydrogen-bond donors (Lipinski definition) is 2. The second-order valence-electron chi connectivity index (χ2n) is 5.16. The molecule has 0 aromatic rings. The number of rotatable bonds is 6. The zero-order valence-corrected chi connectivity index (χ0v) is 10.4. The minimum Gasteiger partial charge on any atom is -0.381 e. The van der Waals surface area contributed by atoms with Crippen molar-refractivity contribution < 1.29 is 4.74 Å². The van der Waals surface area contributed by atoms with Gasteiger partial charge in [0.15, 0.2) is 0 Å². The quantitative estimate of drug-likeness (QED) is 0.656. The van der Waals surface area contributed by atoms with Crippen molar-refractivity contribution in [3.05, 3.63) is 0 Å². The first-order valence-corrected chi connectivity index (χ1v) is 6.11. The van der Waals surface area contributed by atoms with Crippen LogP contribution in [-0.2, 0) is 4.74 Å². The molecule has 1 fully saturated rings.